The van der Waals surface area contributed by atoms with E-state index < -0.39 is 10.2 Å². The van der Waals surface area contributed by atoms with Crippen molar-refractivity contribution in [2.45, 2.75) is 19.8 Å². The lowest BCUT2D eigenvalue weighted by Gasteiger charge is -2.39. The molecule has 1 aromatic rings. The summed E-state index contributed by atoms with van der Waals surface area (Å²) in [6.07, 6.45) is 3.77. The largest absolute Gasteiger partial charge is 0.353 e. The van der Waals surface area contributed by atoms with E-state index in [9.17, 15) is 8.42 Å². The summed E-state index contributed by atoms with van der Waals surface area (Å²) in [5, 5.41) is 0.605. The Morgan fingerprint density at radius 1 is 1.17 bits per heavy atom. The van der Waals surface area contributed by atoms with Crippen LogP contribution in [0.2, 0.25) is 5.02 Å². The van der Waals surface area contributed by atoms with E-state index in [0.29, 0.717) is 50.2 Å². The standard InChI is InChI=1S/C15H23ClN4O2S/c1-13-4-3-7-20(12-13)23(21,22)19-10-8-18(9-11-19)15-14(16)5-2-6-17-15/h2,5-6,13H,3-4,7-12H2,1H3/t13-/m1/s1. The van der Waals surface area contributed by atoms with Gasteiger partial charge in [-0.3, -0.25) is 0 Å². The summed E-state index contributed by atoms with van der Waals surface area (Å²) in [5.41, 5.74) is 0. The maximum Gasteiger partial charge on any atom is 0.282 e. The van der Waals surface area contributed by atoms with Crippen LogP contribution in [0.4, 0.5) is 5.82 Å². The summed E-state index contributed by atoms with van der Waals surface area (Å²) in [5.74, 6) is 1.17. The number of aromatic nitrogens is 1. The molecule has 23 heavy (non-hydrogen) atoms. The smallest absolute Gasteiger partial charge is 0.282 e. The van der Waals surface area contributed by atoms with Crippen LogP contribution in [0.25, 0.3) is 0 Å². The van der Waals surface area contributed by atoms with Crippen molar-refractivity contribution in [3.8, 4) is 0 Å². The zero-order valence-electron chi connectivity index (χ0n) is 13.4. The molecule has 8 heteroatoms. The second kappa shape index (κ2) is 6.93. The van der Waals surface area contributed by atoms with E-state index in [1.165, 1.54) is 0 Å². The Balaban J connectivity index is 1.65. The summed E-state index contributed by atoms with van der Waals surface area (Å²) in [6.45, 7) is 5.55. The Bertz CT molecular complexity index is 647. The lowest BCUT2D eigenvalue weighted by molar-refractivity contribution is 0.254. The summed E-state index contributed by atoms with van der Waals surface area (Å²) in [6, 6.07) is 3.60. The second-order valence-electron chi connectivity index (χ2n) is 6.31. The van der Waals surface area contributed by atoms with Gasteiger partial charge in [0, 0.05) is 45.5 Å². The summed E-state index contributed by atoms with van der Waals surface area (Å²) in [7, 11) is -3.35. The Morgan fingerprint density at radius 3 is 2.57 bits per heavy atom. The molecule has 3 rings (SSSR count). The Morgan fingerprint density at radius 2 is 1.91 bits per heavy atom. The molecular weight excluding hydrogens is 336 g/mol. The first kappa shape index (κ1) is 17.0. The molecule has 6 nitrogen and oxygen atoms in total. The van der Waals surface area contributed by atoms with Gasteiger partial charge in [-0.05, 0) is 30.9 Å². The normalized spacial score (nSPS) is 24.8. The molecule has 2 fully saturated rings. The van der Waals surface area contributed by atoms with Crippen molar-refractivity contribution < 1.29 is 8.42 Å². The molecule has 2 saturated heterocycles. The van der Waals surface area contributed by atoms with Crippen LogP contribution in [0.15, 0.2) is 18.3 Å². The lowest BCUT2D eigenvalue weighted by Crippen LogP contribution is -2.54. The van der Waals surface area contributed by atoms with Gasteiger partial charge in [-0.15, -0.1) is 0 Å². The van der Waals surface area contributed by atoms with Gasteiger partial charge in [-0.1, -0.05) is 18.5 Å². The predicted molar refractivity (Wildman–Crippen MR) is 91.9 cm³/mol. The highest BCUT2D eigenvalue weighted by Crippen LogP contribution is 2.25. The second-order valence-corrected chi connectivity index (χ2v) is 8.64. The van der Waals surface area contributed by atoms with Crippen molar-refractivity contribution in [2.75, 3.05) is 44.2 Å². The fourth-order valence-corrected chi connectivity index (χ4v) is 5.25. The fraction of sp³-hybridized carbons (Fsp3) is 0.667. The van der Waals surface area contributed by atoms with E-state index in [4.69, 9.17) is 11.6 Å². The zero-order valence-corrected chi connectivity index (χ0v) is 14.9. The van der Waals surface area contributed by atoms with E-state index in [1.807, 2.05) is 11.0 Å². The van der Waals surface area contributed by atoms with Gasteiger partial charge in [0.25, 0.3) is 10.2 Å². The molecule has 2 aliphatic heterocycles. The molecule has 0 aromatic carbocycles. The van der Waals surface area contributed by atoms with Gasteiger partial charge in [0.05, 0.1) is 5.02 Å². The summed E-state index contributed by atoms with van der Waals surface area (Å²) < 4.78 is 28.8. The molecular formula is C15H23ClN4O2S. The van der Waals surface area contributed by atoms with Gasteiger partial charge in [0.2, 0.25) is 0 Å². The third kappa shape index (κ3) is 3.63. The molecule has 0 aliphatic carbocycles. The van der Waals surface area contributed by atoms with Crippen LogP contribution in [0, 0.1) is 5.92 Å². The summed E-state index contributed by atoms with van der Waals surface area (Å²) >= 11 is 6.18. The Hall–Kier alpha value is -0.890. The van der Waals surface area contributed by atoms with Crippen LogP contribution in [0.1, 0.15) is 19.8 Å². The molecule has 0 bridgehead atoms. The van der Waals surface area contributed by atoms with Gasteiger partial charge in [0.15, 0.2) is 0 Å². The fourth-order valence-electron chi connectivity index (χ4n) is 3.26. The Kier molecular flexibility index (Phi) is 5.10. The van der Waals surface area contributed by atoms with Gasteiger partial charge in [0.1, 0.15) is 5.82 Å². The highest BCUT2D eigenvalue weighted by atomic mass is 35.5. The van der Waals surface area contributed by atoms with Gasteiger partial charge < -0.3 is 4.90 Å². The van der Waals surface area contributed by atoms with E-state index in [0.717, 1.165) is 18.7 Å². The highest BCUT2D eigenvalue weighted by Gasteiger charge is 2.34. The van der Waals surface area contributed by atoms with Crippen molar-refractivity contribution in [1.29, 1.82) is 0 Å². The third-order valence-corrected chi connectivity index (χ3v) is 6.85. The number of piperazine rings is 1. The van der Waals surface area contributed by atoms with Crippen molar-refractivity contribution in [3.63, 3.8) is 0 Å². The Labute approximate surface area is 143 Å². The zero-order chi connectivity index (χ0) is 16.4. The molecule has 0 spiro atoms. The van der Waals surface area contributed by atoms with Crippen LogP contribution in [0.5, 0.6) is 0 Å². The number of hydrogen-bond acceptors (Lipinski definition) is 4. The molecule has 1 atom stereocenters. The number of rotatable bonds is 3. The SMILES string of the molecule is C[C@@H]1CCCN(S(=O)(=O)N2CCN(c3ncccc3Cl)CC2)C1. The quantitative estimate of drug-likeness (QED) is 0.827. The van der Waals surface area contributed by atoms with Crippen LogP contribution in [-0.4, -0.2) is 61.3 Å². The monoisotopic (exact) mass is 358 g/mol. The predicted octanol–water partition coefficient (Wildman–Crippen LogP) is 1.83. The molecule has 0 N–H and O–H groups in total. The van der Waals surface area contributed by atoms with E-state index >= 15 is 0 Å². The average molecular weight is 359 g/mol. The van der Waals surface area contributed by atoms with E-state index in [1.54, 1.807) is 20.9 Å². The molecule has 2 aliphatic rings. The van der Waals surface area contributed by atoms with Gasteiger partial charge >= 0.3 is 0 Å². The highest BCUT2D eigenvalue weighted by molar-refractivity contribution is 7.86. The molecule has 3 heterocycles. The molecule has 1 aromatic heterocycles. The first-order valence-electron chi connectivity index (χ1n) is 8.09. The maximum absolute atomic E-state index is 12.8. The first-order valence-corrected chi connectivity index (χ1v) is 9.86. The number of pyridine rings is 1. The number of halogens is 1. The lowest BCUT2D eigenvalue weighted by atomic mass is 10.0. The number of anilines is 1. The topological polar surface area (TPSA) is 56.8 Å². The van der Waals surface area contributed by atoms with Crippen LogP contribution in [0.3, 0.4) is 0 Å². The number of nitrogens with zero attached hydrogens (tertiary/aromatic N) is 4. The molecule has 0 unspecified atom stereocenters. The first-order chi connectivity index (χ1) is 11.0. The van der Waals surface area contributed by atoms with Gasteiger partial charge in [-0.2, -0.15) is 17.0 Å². The van der Waals surface area contributed by atoms with E-state index in [-0.39, 0.29) is 0 Å². The van der Waals surface area contributed by atoms with Crippen molar-refractivity contribution in [3.05, 3.63) is 23.4 Å². The molecule has 0 saturated carbocycles. The third-order valence-electron chi connectivity index (χ3n) is 4.55. The summed E-state index contributed by atoms with van der Waals surface area (Å²) in [4.78, 5) is 6.35. The minimum Gasteiger partial charge on any atom is -0.353 e. The minimum atomic E-state index is -3.35. The van der Waals surface area contributed by atoms with Gasteiger partial charge in [-0.25, -0.2) is 4.98 Å². The van der Waals surface area contributed by atoms with Crippen molar-refractivity contribution in [2.24, 2.45) is 5.92 Å². The van der Waals surface area contributed by atoms with Crippen molar-refractivity contribution >= 4 is 27.6 Å². The van der Waals surface area contributed by atoms with Crippen molar-refractivity contribution in [1.82, 2.24) is 13.6 Å². The van der Waals surface area contributed by atoms with Crippen LogP contribution < -0.4 is 4.90 Å². The maximum atomic E-state index is 12.8. The van der Waals surface area contributed by atoms with Crippen LogP contribution >= 0.6 is 11.6 Å². The molecule has 0 radical (unpaired) electrons. The van der Waals surface area contributed by atoms with E-state index in [2.05, 4.69) is 11.9 Å². The number of piperidine rings is 1. The average Bonchev–Trinajstić information content (AvgIpc) is 2.55. The van der Waals surface area contributed by atoms with Crippen LogP contribution in [-0.2, 0) is 10.2 Å². The molecule has 0 amide bonds. The molecule has 128 valence electrons. The number of hydrogen-bond donors (Lipinski definition) is 0. The minimum absolute atomic E-state index is 0.437.